The maximum Gasteiger partial charge on any atom is 0.255 e. The Morgan fingerprint density at radius 1 is 0.833 bits per heavy atom. The normalized spacial score (nSPS) is 18.6. The molecule has 1 saturated carbocycles. The molecule has 2 aliphatic rings. The summed E-state index contributed by atoms with van der Waals surface area (Å²) in [5.74, 6) is -0.635. The summed E-state index contributed by atoms with van der Waals surface area (Å²) >= 11 is 6.08. The Balaban J connectivity index is 1.34. The monoisotopic (exact) mass is 584 g/mol. The summed E-state index contributed by atoms with van der Waals surface area (Å²) in [5.41, 5.74) is 9.11. The smallest absolute Gasteiger partial charge is 0.255 e. The van der Waals surface area contributed by atoms with Crippen LogP contribution in [0.25, 0.3) is 0 Å². The van der Waals surface area contributed by atoms with Gasteiger partial charge in [-0.15, -0.1) is 0 Å². The summed E-state index contributed by atoms with van der Waals surface area (Å²) in [7, 11) is 0. The lowest BCUT2D eigenvalue weighted by molar-refractivity contribution is 0.0746. The van der Waals surface area contributed by atoms with Gasteiger partial charge in [0.15, 0.2) is 0 Å². The molecule has 3 aromatic carbocycles. The van der Waals surface area contributed by atoms with Gasteiger partial charge >= 0.3 is 0 Å². The zero-order valence-electron chi connectivity index (χ0n) is 23.2. The van der Waals surface area contributed by atoms with E-state index < -0.39 is 0 Å². The molecular weight excluding hydrogens is 552 g/mol. The molecular formula is C32H33ClN6O3. The minimum atomic E-state index is -0.352. The predicted molar refractivity (Wildman–Crippen MR) is 163 cm³/mol. The molecule has 10 heteroatoms. The molecule has 4 N–H and O–H groups in total. The lowest BCUT2D eigenvalue weighted by atomic mass is 9.91. The molecule has 2 fully saturated rings. The van der Waals surface area contributed by atoms with Crippen LogP contribution in [-0.4, -0.2) is 60.9 Å². The Bertz CT molecular complexity index is 1500. The van der Waals surface area contributed by atoms with Crippen LogP contribution < -0.4 is 21.3 Å². The molecule has 9 nitrogen and oxygen atoms in total. The van der Waals surface area contributed by atoms with E-state index in [1.54, 1.807) is 65.6 Å². The first-order chi connectivity index (χ1) is 20.3. The number of anilines is 2. The van der Waals surface area contributed by atoms with Crippen molar-refractivity contribution in [3.63, 3.8) is 0 Å². The number of hydrogen-bond donors (Lipinski definition) is 3. The molecule has 42 heavy (non-hydrogen) atoms. The fourth-order valence-corrected chi connectivity index (χ4v) is 5.62. The molecule has 0 spiro atoms. The van der Waals surface area contributed by atoms with Crippen LogP contribution in [-0.2, 0) is 0 Å². The van der Waals surface area contributed by atoms with Crippen molar-refractivity contribution < 1.29 is 14.4 Å². The van der Waals surface area contributed by atoms with Crippen molar-refractivity contribution in [1.29, 1.82) is 5.26 Å². The van der Waals surface area contributed by atoms with E-state index in [1.807, 2.05) is 6.07 Å². The standard InChI is InChI=1S/C32H33ClN6O3/c33-25-3-1-2-24(18-25)32(42)39-16-14-38(15-17-39)29-13-8-23(31(41)36-27-11-9-26(35)10-12-27)19-28(29)37-30(40)22-6-4-21(20-34)5-7-22/h1-8,13,18-19,26-27H,9-12,14-17,35H2,(H,36,41)(H,37,40). The molecule has 5 rings (SSSR count). The van der Waals surface area contributed by atoms with Crippen molar-refractivity contribution in [2.75, 3.05) is 36.4 Å². The number of nitrogens with zero attached hydrogens (tertiary/aromatic N) is 3. The van der Waals surface area contributed by atoms with E-state index >= 15 is 0 Å². The lowest BCUT2D eigenvalue weighted by Crippen LogP contribution is -2.49. The van der Waals surface area contributed by atoms with Crippen LogP contribution in [0.2, 0.25) is 5.02 Å². The summed E-state index contributed by atoms with van der Waals surface area (Å²) in [6, 6.07) is 20.9. The van der Waals surface area contributed by atoms with E-state index in [9.17, 15) is 14.4 Å². The van der Waals surface area contributed by atoms with Crippen LogP contribution in [0, 0.1) is 11.3 Å². The quantitative estimate of drug-likeness (QED) is 0.393. The Hall–Kier alpha value is -4.39. The van der Waals surface area contributed by atoms with Gasteiger partial charge in [0.05, 0.1) is 23.0 Å². The molecule has 1 aliphatic carbocycles. The maximum absolute atomic E-state index is 13.2. The first-order valence-corrected chi connectivity index (χ1v) is 14.5. The van der Waals surface area contributed by atoms with Crippen LogP contribution in [0.3, 0.4) is 0 Å². The number of hydrogen-bond acceptors (Lipinski definition) is 6. The first-order valence-electron chi connectivity index (χ1n) is 14.1. The van der Waals surface area contributed by atoms with Crippen molar-refractivity contribution in [1.82, 2.24) is 10.2 Å². The van der Waals surface area contributed by atoms with Gasteiger partial charge in [0.2, 0.25) is 0 Å². The third kappa shape index (κ3) is 6.90. The van der Waals surface area contributed by atoms with E-state index in [0.29, 0.717) is 59.1 Å². The summed E-state index contributed by atoms with van der Waals surface area (Å²) < 4.78 is 0. The van der Waals surface area contributed by atoms with Crippen LogP contribution in [0.4, 0.5) is 11.4 Å². The van der Waals surface area contributed by atoms with Gasteiger partial charge in [-0.05, 0) is 86.3 Å². The second kappa shape index (κ2) is 13.1. The Morgan fingerprint density at radius 2 is 1.52 bits per heavy atom. The third-order valence-corrected chi connectivity index (χ3v) is 8.10. The molecule has 3 aromatic rings. The van der Waals surface area contributed by atoms with Gasteiger partial charge in [-0.1, -0.05) is 17.7 Å². The van der Waals surface area contributed by atoms with Crippen LogP contribution in [0.15, 0.2) is 66.7 Å². The molecule has 0 bridgehead atoms. The number of carbonyl (C=O) groups is 3. The average Bonchev–Trinajstić information content (AvgIpc) is 3.02. The molecule has 1 heterocycles. The number of piperazine rings is 1. The summed E-state index contributed by atoms with van der Waals surface area (Å²) in [5, 5.41) is 15.7. The van der Waals surface area contributed by atoms with E-state index in [4.69, 9.17) is 22.6 Å². The van der Waals surface area contributed by atoms with Crippen molar-refractivity contribution in [3.8, 4) is 6.07 Å². The second-order valence-corrected chi connectivity index (χ2v) is 11.2. The van der Waals surface area contributed by atoms with Gasteiger partial charge in [-0.3, -0.25) is 14.4 Å². The maximum atomic E-state index is 13.2. The number of rotatable bonds is 6. The number of amides is 3. The fourth-order valence-electron chi connectivity index (χ4n) is 5.43. The Labute approximate surface area is 250 Å². The number of nitrogens with two attached hydrogens (primary N) is 1. The number of benzene rings is 3. The molecule has 1 saturated heterocycles. The Morgan fingerprint density at radius 3 is 2.19 bits per heavy atom. The van der Waals surface area contributed by atoms with Crippen molar-refractivity contribution in [2.45, 2.75) is 37.8 Å². The molecule has 0 atom stereocenters. The van der Waals surface area contributed by atoms with E-state index in [1.165, 1.54) is 0 Å². The topological polar surface area (TPSA) is 132 Å². The SMILES string of the molecule is N#Cc1ccc(C(=O)Nc2cc(C(=O)NC3CCC(N)CC3)ccc2N2CCN(C(=O)c3cccc(Cl)c3)CC2)cc1. The van der Waals surface area contributed by atoms with Crippen LogP contribution in [0.5, 0.6) is 0 Å². The van der Waals surface area contributed by atoms with Gasteiger partial charge in [-0.25, -0.2) is 0 Å². The van der Waals surface area contributed by atoms with E-state index in [-0.39, 0.29) is 29.8 Å². The van der Waals surface area contributed by atoms with Gasteiger partial charge in [0.25, 0.3) is 17.7 Å². The van der Waals surface area contributed by atoms with E-state index in [0.717, 1.165) is 31.4 Å². The molecule has 0 radical (unpaired) electrons. The highest BCUT2D eigenvalue weighted by atomic mass is 35.5. The second-order valence-electron chi connectivity index (χ2n) is 10.7. The van der Waals surface area contributed by atoms with Gasteiger partial charge < -0.3 is 26.2 Å². The summed E-state index contributed by atoms with van der Waals surface area (Å²) in [4.78, 5) is 43.3. The fraction of sp³-hybridized carbons (Fsp3) is 0.312. The lowest BCUT2D eigenvalue weighted by Gasteiger charge is -2.37. The van der Waals surface area contributed by atoms with E-state index in [2.05, 4.69) is 21.6 Å². The van der Waals surface area contributed by atoms with Crippen molar-refractivity contribution in [2.24, 2.45) is 5.73 Å². The highest BCUT2D eigenvalue weighted by Crippen LogP contribution is 2.30. The predicted octanol–water partition coefficient (Wildman–Crippen LogP) is 4.43. The molecule has 216 valence electrons. The zero-order chi connectivity index (χ0) is 29.6. The van der Waals surface area contributed by atoms with Gasteiger partial charge in [0, 0.05) is 60.0 Å². The average molecular weight is 585 g/mol. The minimum absolute atomic E-state index is 0.0683. The number of halogens is 1. The van der Waals surface area contributed by atoms with Crippen molar-refractivity contribution in [3.05, 3.63) is 94.0 Å². The summed E-state index contributed by atoms with van der Waals surface area (Å²) in [6.07, 6.45) is 3.43. The Kier molecular flexibility index (Phi) is 9.06. The zero-order valence-corrected chi connectivity index (χ0v) is 23.9. The number of carbonyl (C=O) groups excluding carboxylic acids is 3. The van der Waals surface area contributed by atoms with Gasteiger partial charge in [0.1, 0.15) is 0 Å². The number of nitrogens with one attached hydrogen (secondary N) is 2. The first kappa shape index (κ1) is 29.1. The number of nitriles is 1. The largest absolute Gasteiger partial charge is 0.366 e. The highest BCUT2D eigenvalue weighted by Gasteiger charge is 2.26. The molecule has 1 aliphatic heterocycles. The molecule has 0 unspecified atom stereocenters. The summed E-state index contributed by atoms with van der Waals surface area (Å²) in [6.45, 7) is 2.06. The van der Waals surface area contributed by atoms with Crippen LogP contribution in [0.1, 0.15) is 62.3 Å². The van der Waals surface area contributed by atoms with Crippen molar-refractivity contribution >= 4 is 40.7 Å². The highest BCUT2D eigenvalue weighted by molar-refractivity contribution is 6.31. The van der Waals surface area contributed by atoms with Crippen LogP contribution >= 0.6 is 11.6 Å². The molecule has 0 aromatic heterocycles. The van der Waals surface area contributed by atoms with Gasteiger partial charge in [-0.2, -0.15) is 5.26 Å². The minimum Gasteiger partial charge on any atom is -0.366 e. The third-order valence-electron chi connectivity index (χ3n) is 7.87. The molecule has 3 amide bonds.